The average molecular weight is 586 g/mol. The number of hydrogen-bond acceptors (Lipinski definition) is 2. The molecule has 9 rings (SSSR count). The Morgan fingerprint density at radius 2 is 1.07 bits per heavy atom. The van der Waals surface area contributed by atoms with Gasteiger partial charge in [-0.25, -0.2) is 4.21 Å². The van der Waals surface area contributed by atoms with Crippen molar-refractivity contribution in [3.8, 4) is 33.6 Å². The van der Waals surface area contributed by atoms with Crippen LogP contribution in [0, 0.1) is 0 Å². The van der Waals surface area contributed by atoms with Crippen molar-refractivity contribution in [1.82, 2.24) is 9.13 Å². The fourth-order valence-corrected chi connectivity index (χ4v) is 8.38. The zero-order valence-electron chi connectivity index (χ0n) is 24.0. The van der Waals surface area contributed by atoms with E-state index in [1.807, 2.05) is 36.4 Å². The summed E-state index contributed by atoms with van der Waals surface area (Å²) in [7, 11) is -2.61. The number of rotatable bonds is 3. The number of para-hydroxylation sites is 3. The normalized spacial score (nSPS) is 15.8. The van der Waals surface area contributed by atoms with Gasteiger partial charge in [0.25, 0.3) is 0 Å². The summed E-state index contributed by atoms with van der Waals surface area (Å²) in [5.41, 5.74) is 9.87. The fraction of sp³-hybridized carbons (Fsp3) is 0.0256. The van der Waals surface area contributed by atoms with Crippen LogP contribution >= 0.6 is 0 Å². The topological polar surface area (TPSA) is 39.3 Å². The summed E-state index contributed by atoms with van der Waals surface area (Å²) in [6.45, 7) is 0. The Morgan fingerprint density at radius 1 is 0.523 bits per heavy atom. The van der Waals surface area contributed by atoms with E-state index < -0.39 is 9.73 Å². The third-order valence-electron chi connectivity index (χ3n) is 8.80. The number of benzene rings is 6. The highest BCUT2D eigenvalue weighted by Gasteiger charge is 2.28. The van der Waals surface area contributed by atoms with Gasteiger partial charge in [-0.2, -0.15) is 4.36 Å². The van der Waals surface area contributed by atoms with Crippen molar-refractivity contribution in [1.29, 1.82) is 0 Å². The Bertz CT molecular complexity index is 2550. The Balaban J connectivity index is 1.32. The van der Waals surface area contributed by atoms with Crippen LogP contribution in [0.15, 0.2) is 155 Å². The van der Waals surface area contributed by atoms with E-state index >= 15 is 0 Å². The molecule has 1 unspecified atom stereocenters. The largest absolute Gasteiger partial charge is 0.309 e. The molecule has 2 aromatic heterocycles. The van der Waals surface area contributed by atoms with E-state index in [0.717, 1.165) is 55.2 Å². The number of fused-ring (bicyclic) bond motifs is 8. The SMILES string of the molecule is CS1(=O)=Nc2c(c3cc(-c4ccc5c(c4)c4ccccc4n5-c4ccccc4)ccc3n2-c2ccccc2)-c2ccccc21. The molecule has 0 spiro atoms. The summed E-state index contributed by atoms with van der Waals surface area (Å²) < 4.78 is 23.3. The van der Waals surface area contributed by atoms with E-state index in [-0.39, 0.29) is 0 Å². The minimum atomic E-state index is -2.61. The molecule has 0 N–H and O–H groups in total. The summed E-state index contributed by atoms with van der Waals surface area (Å²) >= 11 is 0. The van der Waals surface area contributed by atoms with Crippen LogP contribution in [0.4, 0.5) is 5.82 Å². The third-order valence-corrected chi connectivity index (χ3v) is 10.5. The van der Waals surface area contributed by atoms with Crippen molar-refractivity contribution >= 4 is 48.3 Å². The first-order chi connectivity index (χ1) is 21.6. The van der Waals surface area contributed by atoms with Crippen molar-refractivity contribution in [2.75, 3.05) is 6.26 Å². The molecule has 8 aromatic rings. The standard InChI is InChI=1S/C39H27N3OS/c1-44(43)37-19-11-9-17-31(37)38-33-25-27(21-23-36(33)42(39(38)40-44)29-14-6-3-7-15-29)26-20-22-35-32(24-26)30-16-8-10-18-34(30)41(35)28-12-4-2-5-13-28/h2-25H,1H3. The number of hydrogen-bond donors (Lipinski definition) is 0. The molecular weight excluding hydrogens is 559 g/mol. The van der Waals surface area contributed by atoms with Gasteiger partial charge in [0, 0.05) is 44.9 Å². The second-order valence-electron chi connectivity index (χ2n) is 11.4. The molecule has 4 nitrogen and oxygen atoms in total. The zero-order valence-corrected chi connectivity index (χ0v) is 24.8. The van der Waals surface area contributed by atoms with Gasteiger partial charge in [0.1, 0.15) is 0 Å². The lowest BCUT2D eigenvalue weighted by Crippen LogP contribution is -2.05. The first kappa shape index (κ1) is 25.1. The van der Waals surface area contributed by atoms with Gasteiger partial charge >= 0.3 is 0 Å². The Labute approximate surface area is 255 Å². The van der Waals surface area contributed by atoms with Crippen LogP contribution in [-0.2, 0) is 9.73 Å². The van der Waals surface area contributed by atoms with Crippen LogP contribution in [0.3, 0.4) is 0 Å². The first-order valence-corrected chi connectivity index (χ1v) is 16.7. The van der Waals surface area contributed by atoms with Gasteiger partial charge in [-0.1, -0.05) is 84.9 Å². The van der Waals surface area contributed by atoms with Crippen molar-refractivity contribution < 1.29 is 4.21 Å². The molecule has 0 saturated carbocycles. The smallest absolute Gasteiger partial charge is 0.156 e. The van der Waals surface area contributed by atoms with E-state index in [9.17, 15) is 4.21 Å². The van der Waals surface area contributed by atoms with Gasteiger partial charge in [0.15, 0.2) is 5.82 Å². The lowest BCUT2D eigenvalue weighted by Gasteiger charge is -2.18. The second kappa shape index (κ2) is 9.30. The number of nitrogens with zero attached hydrogens (tertiary/aromatic N) is 3. The minimum absolute atomic E-state index is 0.746. The highest BCUT2D eigenvalue weighted by atomic mass is 32.2. The van der Waals surface area contributed by atoms with Gasteiger partial charge in [0.2, 0.25) is 0 Å². The average Bonchev–Trinajstić information content (AvgIpc) is 3.57. The van der Waals surface area contributed by atoms with Crippen molar-refractivity contribution in [2.45, 2.75) is 4.90 Å². The predicted molar refractivity (Wildman–Crippen MR) is 183 cm³/mol. The molecule has 1 atom stereocenters. The summed E-state index contributed by atoms with van der Waals surface area (Å²) in [5, 5.41) is 3.54. The van der Waals surface area contributed by atoms with E-state index in [2.05, 4.69) is 118 Å². The fourth-order valence-electron chi connectivity index (χ4n) is 6.87. The van der Waals surface area contributed by atoms with Crippen LogP contribution in [0.2, 0.25) is 0 Å². The molecule has 1 aliphatic rings. The zero-order chi connectivity index (χ0) is 29.4. The maximum Gasteiger partial charge on any atom is 0.156 e. The van der Waals surface area contributed by atoms with Gasteiger partial charge < -0.3 is 4.57 Å². The summed E-state index contributed by atoms with van der Waals surface area (Å²) in [4.78, 5) is 0.792. The highest BCUT2D eigenvalue weighted by Crippen LogP contribution is 2.49. The lowest BCUT2D eigenvalue weighted by molar-refractivity contribution is 0.680. The molecule has 5 heteroatoms. The van der Waals surface area contributed by atoms with Gasteiger partial charge in [0.05, 0.1) is 31.2 Å². The molecular formula is C39H27N3OS. The molecule has 44 heavy (non-hydrogen) atoms. The quantitative estimate of drug-likeness (QED) is 0.203. The second-order valence-corrected chi connectivity index (χ2v) is 13.6. The Kier molecular flexibility index (Phi) is 5.32. The van der Waals surface area contributed by atoms with E-state index in [1.54, 1.807) is 6.26 Å². The van der Waals surface area contributed by atoms with E-state index in [4.69, 9.17) is 4.36 Å². The maximum atomic E-state index is 13.9. The minimum Gasteiger partial charge on any atom is -0.309 e. The maximum absolute atomic E-state index is 13.9. The van der Waals surface area contributed by atoms with Crippen LogP contribution in [0.5, 0.6) is 0 Å². The van der Waals surface area contributed by atoms with Crippen LogP contribution < -0.4 is 0 Å². The van der Waals surface area contributed by atoms with Gasteiger partial charge in [-0.3, -0.25) is 4.57 Å². The van der Waals surface area contributed by atoms with Crippen molar-refractivity contribution in [2.24, 2.45) is 4.36 Å². The van der Waals surface area contributed by atoms with Crippen LogP contribution in [-0.4, -0.2) is 19.6 Å². The highest BCUT2D eigenvalue weighted by molar-refractivity contribution is 7.93. The van der Waals surface area contributed by atoms with E-state index in [1.165, 1.54) is 21.8 Å². The van der Waals surface area contributed by atoms with Crippen molar-refractivity contribution in [3.63, 3.8) is 0 Å². The summed E-state index contributed by atoms with van der Waals surface area (Å²) in [6.07, 6.45) is 1.74. The predicted octanol–water partition coefficient (Wildman–Crippen LogP) is 10.2. The summed E-state index contributed by atoms with van der Waals surface area (Å²) in [5.74, 6) is 0.746. The Hall–Kier alpha value is -5.39. The summed E-state index contributed by atoms with van der Waals surface area (Å²) in [6, 6.07) is 50.8. The molecule has 0 bridgehead atoms. The molecule has 6 aromatic carbocycles. The van der Waals surface area contributed by atoms with Crippen LogP contribution in [0.1, 0.15) is 0 Å². The van der Waals surface area contributed by atoms with Gasteiger partial charge in [-0.05, 0) is 71.8 Å². The molecule has 0 fully saturated rings. The monoisotopic (exact) mass is 585 g/mol. The lowest BCUT2D eigenvalue weighted by atomic mass is 9.98. The molecule has 1 aliphatic heterocycles. The van der Waals surface area contributed by atoms with Gasteiger partial charge in [-0.15, -0.1) is 0 Å². The molecule has 0 aliphatic carbocycles. The molecule has 0 radical (unpaired) electrons. The van der Waals surface area contributed by atoms with Crippen molar-refractivity contribution in [3.05, 3.63) is 146 Å². The Morgan fingerprint density at radius 3 is 1.80 bits per heavy atom. The molecule has 3 heterocycles. The molecule has 0 amide bonds. The molecule has 0 saturated heterocycles. The third kappa shape index (κ3) is 3.60. The van der Waals surface area contributed by atoms with Crippen LogP contribution in [0.25, 0.3) is 66.3 Å². The molecule has 210 valence electrons. The number of aromatic nitrogens is 2. The van der Waals surface area contributed by atoms with E-state index in [0.29, 0.717) is 0 Å². The first-order valence-electron chi connectivity index (χ1n) is 14.7.